The first-order chi connectivity index (χ1) is 24.8. The Kier molecular flexibility index (Phi) is 12.3. The quantitative estimate of drug-likeness (QED) is 0.0440. The number of carbonyl (C=O) groups excluding carboxylic acids is 1. The van der Waals surface area contributed by atoms with Crippen molar-refractivity contribution in [2.45, 2.75) is 108 Å². The number of fused-ring (bicyclic) bond motifs is 1. The number of phenolic OH excluding ortho intramolecular Hbond substituents is 1. The molecule has 0 bridgehead atoms. The number of aryl methyl sites for hydroxylation is 1. The summed E-state index contributed by atoms with van der Waals surface area (Å²) in [5, 5.41) is 25.4. The van der Waals surface area contributed by atoms with E-state index in [1.807, 2.05) is 22.8 Å². The second kappa shape index (κ2) is 17.2. The third kappa shape index (κ3) is 9.11. The molecule has 2 atom stereocenters. The average molecular weight is 691 g/mol. The van der Waals surface area contributed by atoms with E-state index in [9.17, 15) is 15.0 Å². The summed E-state index contributed by atoms with van der Waals surface area (Å²) in [6, 6.07) is 24.5. The first-order valence-electron chi connectivity index (χ1n) is 18.8. The summed E-state index contributed by atoms with van der Waals surface area (Å²) in [5.74, 6) is 0.500. The molecule has 5 aromatic rings. The van der Waals surface area contributed by atoms with Crippen molar-refractivity contribution in [1.82, 2.24) is 14.9 Å². The summed E-state index contributed by atoms with van der Waals surface area (Å²) in [5.41, 5.74) is 13.5. The molecule has 0 unspecified atom stereocenters. The SMILES string of the molecule is CCCCC[C@@H](O)CC(=O)CCc1ccc(O)c(OCn2cc3[nH]cc(C4(c5cccc([C@H](N)NCCc6ccccc6)c5)CCCC4)c3c2)c1. The lowest BCUT2D eigenvalue weighted by molar-refractivity contribution is -0.121. The van der Waals surface area contributed by atoms with Crippen LogP contribution in [0.2, 0.25) is 0 Å². The molecule has 6 N–H and O–H groups in total. The van der Waals surface area contributed by atoms with Crippen LogP contribution < -0.4 is 15.8 Å². The minimum atomic E-state index is -0.569. The molecule has 2 heterocycles. The highest BCUT2D eigenvalue weighted by molar-refractivity contribution is 5.85. The number of aromatic hydroxyl groups is 1. The number of nitrogens with one attached hydrogen (secondary N) is 2. The molecule has 1 aliphatic rings. The largest absolute Gasteiger partial charge is 0.504 e. The van der Waals surface area contributed by atoms with Gasteiger partial charge in [-0.1, -0.05) is 99.7 Å². The summed E-state index contributed by atoms with van der Waals surface area (Å²) in [7, 11) is 0. The maximum Gasteiger partial charge on any atom is 0.165 e. The van der Waals surface area contributed by atoms with Crippen molar-refractivity contribution in [3.05, 3.63) is 119 Å². The lowest BCUT2D eigenvalue weighted by Gasteiger charge is -2.30. The molecule has 270 valence electrons. The monoisotopic (exact) mass is 690 g/mol. The van der Waals surface area contributed by atoms with Crippen LogP contribution in [0.1, 0.15) is 105 Å². The summed E-state index contributed by atoms with van der Waals surface area (Å²) >= 11 is 0. The van der Waals surface area contributed by atoms with Gasteiger partial charge in [0.15, 0.2) is 18.2 Å². The number of aliphatic hydroxyl groups is 1. The van der Waals surface area contributed by atoms with Crippen LogP contribution >= 0.6 is 0 Å². The van der Waals surface area contributed by atoms with Gasteiger partial charge in [0.1, 0.15) is 5.78 Å². The topological polar surface area (TPSA) is 126 Å². The first kappa shape index (κ1) is 36.4. The van der Waals surface area contributed by atoms with Gasteiger partial charge in [-0.05, 0) is 72.1 Å². The predicted octanol–water partition coefficient (Wildman–Crippen LogP) is 8.19. The molecule has 0 aliphatic heterocycles. The number of hydrogen-bond acceptors (Lipinski definition) is 6. The van der Waals surface area contributed by atoms with Crippen LogP contribution in [0.25, 0.3) is 10.9 Å². The minimum absolute atomic E-state index is 0.0536. The molecule has 0 spiro atoms. The van der Waals surface area contributed by atoms with Crippen LogP contribution in [0.5, 0.6) is 11.5 Å². The zero-order valence-electron chi connectivity index (χ0n) is 29.9. The van der Waals surface area contributed by atoms with E-state index in [4.69, 9.17) is 10.5 Å². The molecule has 2 aromatic heterocycles. The molecule has 8 heteroatoms. The number of hydrogen-bond donors (Lipinski definition) is 5. The average Bonchev–Trinajstić information content (AvgIpc) is 3.89. The summed E-state index contributed by atoms with van der Waals surface area (Å²) in [4.78, 5) is 16.0. The molecule has 51 heavy (non-hydrogen) atoms. The van der Waals surface area contributed by atoms with Crippen LogP contribution in [-0.2, 0) is 29.8 Å². The second-order valence-corrected chi connectivity index (χ2v) is 14.4. The van der Waals surface area contributed by atoms with E-state index in [2.05, 4.69) is 84.3 Å². The first-order valence-corrected chi connectivity index (χ1v) is 18.8. The Morgan fingerprint density at radius 3 is 2.63 bits per heavy atom. The van der Waals surface area contributed by atoms with Crippen LogP contribution in [0, 0.1) is 0 Å². The minimum Gasteiger partial charge on any atom is -0.504 e. The van der Waals surface area contributed by atoms with E-state index in [0.29, 0.717) is 25.0 Å². The smallest absolute Gasteiger partial charge is 0.165 e. The number of carbonyl (C=O) groups is 1. The van der Waals surface area contributed by atoms with E-state index in [0.717, 1.165) is 61.7 Å². The zero-order chi connectivity index (χ0) is 35.6. The van der Waals surface area contributed by atoms with Crippen molar-refractivity contribution in [3.63, 3.8) is 0 Å². The second-order valence-electron chi connectivity index (χ2n) is 14.4. The number of aromatic amines is 1. The predicted molar refractivity (Wildman–Crippen MR) is 204 cm³/mol. The van der Waals surface area contributed by atoms with Crippen LogP contribution in [0.4, 0.5) is 0 Å². The number of nitrogens with two attached hydrogens (primary N) is 1. The number of Topliss-reactive ketones (excluding diaryl/α,β-unsaturated/α-hetero) is 1. The van der Waals surface area contributed by atoms with Crippen molar-refractivity contribution in [3.8, 4) is 11.5 Å². The van der Waals surface area contributed by atoms with Crippen molar-refractivity contribution in [1.29, 1.82) is 0 Å². The van der Waals surface area contributed by atoms with Gasteiger partial charge in [0.2, 0.25) is 0 Å². The Balaban J connectivity index is 1.10. The van der Waals surface area contributed by atoms with Gasteiger partial charge in [0.25, 0.3) is 0 Å². The lowest BCUT2D eigenvalue weighted by atomic mass is 9.73. The molecule has 1 aliphatic carbocycles. The van der Waals surface area contributed by atoms with Gasteiger partial charge < -0.3 is 30.2 Å². The van der Waals surface area contributed by atoms with Gasteiger partial charge in [-0.2, -0.15) is 0 Å². The Morgan fingerprint density at radius 2 is 1.82 bits per heavy atom. The molecular formula is C43H54N4O4. The molecule has 1 saturated carbocycles. The number of aromatic nitrogens is 2. The summed E-state index contributed by atoms with van der Waals surface area (Å²) in [6.45, 7) is 3.16. The molecular weight excluding hydrogens is 636 g/mol. The lowest BCUT2D eigenvalue weighted by Crippen LogP contribution is -2.31. The fourth-order valence-corrected chi connectivity index (χ4v) is 7.75. The normalized spacial score (nSPS) is 15.3. The van der Waals surface area contributed by atoms with Crippen molar-refractivity contribution in [2.75, 3.05) is 6.54 Å². The fourth-order valence-electron chi connectivity index (χ4n) is 7.75. The Bertz CT molecular complexity index is 1860. The third-order valence-electron chi connectivity index (χ3n) is 10.6. The highest BCUT2D eigenvalue weighted by Gasteiger charge is 2.39. The van der Waals surface area contributed by atoms with Gasteiger partial charge >= 0.3 is 0 Å². The van der Waals surface area contributed by atoms with Gasteiger partial charge in [-0.3, -0.25) is 10.1 Å². The number of ether oxygens (including phenoxy) is 1. The number of phenols is 1. The maximum absolute atomic E-state index is 12.5. The standard InChI is InChI=1S/C43H54N4O4/c1-2-3-5-15-35(48)26-36(49)18-16-32-17-19-40(50)41(24-32)51-30-47-28-37-38(27-46-39(37)29-47)43(21-8-9-22-43)34-14-10-13-33(25-34)42(44)45-23-20-31-11-6-4-7-12-31/h4,6-7,10-14,17,19,24-25,27-29,35,42,45-46,48,50H,2-3,5,8-9,15-16,18,20-23,26,30,44H2,1H3/t35-,42-/m1/s1. The Hall–Kier alpha value is -4.37. The molecule has 6 rings (SSSR count). The van der Waals surface area contributed by atoms with Crippen molar-refractivity contribution < 1.29 is 19.7 Å². The van der Waals surface area contributed by atoms with Gasteiger partial charge in [-0.15, -0.1) is 0 Å². The molecule has 8 nitrogen and oxygen atoms in total. The number of benzene rings is 3. The summed E-state index contributed by atoms with van der Waals surface area (Å²) < 4.78 is 8.13. The summed E-state index contributed by atoms with van der Waals surface area (Å²) in [6.07, 6.45) is 15.8. The molecule has 3 aromatic carbocycles. The molecule has 0 amide bonds. The zero-order valence-corrected chi connectivity index (χ0v) is 29.9. The number of unbranched alkanes of at least 4 members (excludes halogenated alkanes) is 2. The molecule has 0 saturated heterocycles. The van der Waals surface area contributed by atoms with E-state index < -0.39 is 6.10 Å². The highest BCUT2D eigenvalue weighted by Crippen LogP contribution is 2.49. The number of aliphatic hydroxyl groups excluding tert-OH is 1. The van der Waals surface area contributed by atoms with E-state index >= 15 is 0 Å². The van der Waals surface area contributed by atoms with Crippen molar-refractivity contribution in [2.24, 2.45) is 5.73 Å². The molecule has 0 radical (unpaired) electrons. The van der Waals surface area contributed by atoms with Crippen LogP contribution in [-0.4, -0.2) is 38.2 Å². The highest BCUT2D eigenvalue weighted by atomic mass is 16.5. The number of rotatable bonds is 19. The number of H-pyrrole nitrogens is 1. The maximum atomic E-state index is 12.5. The number of nitrogens with zero attached hydrogens (tertiary/aromatic N) is 1. The van der Waals surface area contributed by atoms with Gasteiger partial charge in [-0.25, -0.2) is 0 Å². The van der Waals surface area contributed by atoms with Crippen LogP contribution in [0.3, 0.4) is 0 Å². The fraction of sp³-hybridized carbons (Fsp3) is 0.419. The van der Waals surface area contributed by atoms with Crippen molar-refractivity contribution >= 4 is 16.7 Å². The van der Waals surface area contributed by atoms with E-state index in [1.165, 1.54) is 34.9 Å². The van der Waals surface area contributed by atoms with E-state index in [1.54, 1.807) is 6.07 Å². The third-order valence-corrected chi connectivity index (χ3v) is 10.6. The van der Waals surface area contributed by atoms with E-state index in [-0.39, 0.29) is 36.3 Å². The van der Waals surface area contributed by atoms with Crippen LogP contribution in [0.15, 0.2) is 91.4 Å². The molecule has 1 fully saturated rings. The van der Waals surface area contributed by atoms with Gasteiger partial charge in [0.05, 0.1) is 17.8 Å². The van der Waals surface area contributed by atoms with Gasteiger partial charge in [0, 0.05) is 48.8 Å². The Labute approximate surface area is 302 Å². The number of ketones is 1. The Morgan fingerprint density at radius 1 is 1.00 bits per heavy atom.